The second-order valence-electron chi connectivity index (χ2n) is 4.08. The molecule has 0 amide bonds. The largest absolute Gasteiger partial charge is 0.439 e. The lowest BCUT2D eigenvalue weighted by Gasteiger charge is -2.03. The maximum absolute atomic E-state index is 5.78. The van der Waals surface area contributed by atoms with Crippen LogP contribution in [-0.2, 0) is 0 Å². The number of hydrogen-bond donors (Lipinski definition) is 1. The van der Waals surface area contributed by atoms with Crippen LogP contribution in [0.25, 0.3) is 11.3 Å². The van der Waals surface area contributed by atoms with Crippen LogP contribution in [0, 0.1) is 0 Å². The average Bonchev–Trinajstić information content (AvgIpc) is 3.01. The quantitative estimate of drug-likeness (QED) is 0.835. The molecule has 0 saturated carbocycles. The first-order valence-corrected chi connectivity index (χ1v) is 5.68. The molecular weight excluding hydrogens is 200 g/mol. The van der Waals surface area contributed by atoms with Crippen molar-refractivity contribution < 1.29 is 4.42 Å². The molecule has 3 rings (SSSR count). The fraction of sp³-hybridized carbons (Fsp3) is 0.308. The van der Waals surface area contributed by atoms with Gasteiger partial charge in [0.15, 0.2) is 5.76 Å². The molecule has 1 aromatic heterocycles. The number of nitrogens with zero attached hydrogens (tertiary/aromatic N) is 1. The number of aromatic nitrogens is 1. The lowest BCUT2D eigenvalue weighted by atomic mass is 10.2. The Labute approximate surface area is 94.5 Å². The van der Waals surface area contributed by atoms with Gasteiger partial charge in [-0.3, -0.25) is 0 Å². The summed E-state index contributed by atoms with van der Waals surface area (Å²) in [6, 6.07) is 10.4. The zero-order chi connectivity index (χ0) is 10.8. The summed E-state index contributed by atoms with van der Waals surface area (Å²) in [6.07, 6.45) is 4.13. The SMILES string of the molecule is c1ccc(-c2cnc([C@@H]3CCCN3)o2)cc1. The van der Waals surface area contributed by atoms with Crippen molar-refractivity contribution >= 4 is 0 Å². The summed E-state index contributed by atoms with van der Waals surface area (Å²) in [6.45, 7) is 1.06. The summed E-state index contributed by atoms with van der Waals surface area (Å²) in [5.74, 6) is 1.67. The fourth-order valence-electron chi connectivity index (χ4n) is 2.08. The summed E-state index contributed by atoms with van der Waals surface area (Å²) in [7, 11) is 0. The predicted octanol–water partition coefficient (Wildman–Crippen LogP) is 2.77. The van der Waals surface area contributed by atoms with Gasteiger partial charge in [-0.05, 0) is 19.4 Å². The van der Waals surface area contributed by atoms with E-state index < -0.39 is 0 Å². The molecule has 0 bridgehead atoms. The Hall–Kier alpha value is -1.61. The van der Waals surface area contributed by atoms with Crippen molar-refractivity contribution in [1.29, 1.82) is 0 Å². The van der Waals surface area contributed by atoms with E-state index in [1.54, 1.807) is 0 Å². The van der Waals surface area contributed by atoms with Crippen LogP contribution in [0.1, 0.15) is 24.8 Å². The van der Waals surface area contributed by atoms with Crippen LogP contribution in [0.3, 0.4) is 0 Å². The van der Waals surface area contributed by atoms with E-state index in [0.29, 0.717) is 6.04 Å². The van der Waals surface area contributed by atoms with Crippen LogP contribution < -0.4 is 5.32 Å². The highest BCUT2D eigenvalue weighted by molar-refractivity contribution is 5.55. The van der Waals surface area contributed by atoms with E-state index in [2.05, 4.69) is 10.3 Å². The van der Waals surface area contributed by atoms with E-state index in [1.165, 1.54) is 6.42 Å². The molecule has 1 aromatic carbocycles. The molecule has 0 aliphatic carbocycles. The molecule has 0 radical (unpaired) electrons. The highest BCUT2D eigenvalue weighted by atomic mass is 16.4. The van der Waals surface area contributed by atoms with Crippen molar-refractivity contribution in [2.45, 2.75) is 18.9 Å². The summed E-state index contributed by atoms with van der Waals surface area (Å²) in [5, 5.41) is 3.38. The molecule has 1 fully saturated rings. The van der Waals surface area contributed by atoms with Crippen molar-refractivity contribution in [3.8, 4) is 11.3 Å². The Morgan fingerprint density at radius 3 is 2.88 bits per heavy atom. The smallest absolute Gasteiger partial charge is 0.212 e. The minimum Gasteiger partial charge on any atom is -0.439 e. The summed E-state index contributed by atoms with van der Waals surface area (Å²) < 4.78 is 5.78. The van der Waals surface area contributed by atoms with Gasteiger partial charge in [0.2, 0.25) is 5.89 Å². The number of rotatable bonds is 2. The molecule has 0 spiro atoms. The van der Waals surface area contributed by atoms with E-state index in [9.17, 15) is 0 Å². The summed E-state index contributed by atoms with van der Waals surface area (Å²) >= 11 is 0. The zero-order valence-electron chi connectivity index (χ0n) is 9.02. The number of benzene rings is 1. The van der Waals surface area contributed by atoms with Crippen LogP contribution in [0.4, 0.5) is 0 Å². The molecule has 1 aliphatic rings. The van der Waals surface area contributed by atoms with Gasteiger partial charge in [-0.25, -0.2) is 4.98 Å². The highest BCUT2D eigenvalue weighted by Crippen LogP contribution is 2.26. The van der Waals surface area contributed by atoms with E-state index in [0.717, 1.165) is 30.2 Å². The second-order valence-corrected chi connectivity index (χ2v) is 4.08. The van der Waals surface area contributed by atoms with Gasteiger partial charge in [-0.2, -0.15) is 0 Å². The Morgan fingerprint density at radius 1 is 1.25 bits per heavy atom. The molecule has 3 heteroatoms. The lowest BCUT2D eigenvalue weighted by Crippen LogP contribution is -2.12. The molecule has 2 aromatic rings. The van der Waals surface area contributed by atoms with Gasteiger partial charge in [-0.1, -0.05) is 30.3 Å². The first-order chi connectivity index (χ1) is 7.93. The molecule has 2 heterocycles. The minimum absolute atomic E-state index is 0.303. The molecule has 0 unspecified atom stereocenters. The van der Waals surface area contributed by atoms with Gasteiger partial charge in [0.1, 0.15) is 0 Å². The van der Waals surface area contributed by atoms with Crippen molar-refractivity contribution in [3.05, 3.63) is 42.4 Å². The lowest BCUT2D eigenvalue weighted by molar-refractivity contribution is 0.437. The zero-order valence-corrected chi connectivity index (χ0v) is 9.02. The normalized spacial score (nSPS) is 20.1. The molecule has 1 atom stereocenters. The monoisotopic (exact) mass is 214 g/mol. The van der Waals surface area contributed by atoms with Gasteiger partial charge in [0, 0.05) is 5.56 Å². The second kappa shape index (κ2) is 4.10. The predicted molar refractivity (Wildman–Crippen MR) is 61.9 cm³/mol. The first-order valence-electron chi connectivity index (χ1n) is 5.68. The van der Waals surface area contributed by atoms with Crippen LogP contribution >= 0.6 is 0 Å². The van der Waals surface area contributed by atoms with Crippen LogP contribution in [-0.4, -0.2) is 11.5 Å². The van der Waals surface area contributed by atoms with Gasteiger partial charge in [-0.15, -0.1) is 0 Å². The number of nitrogens with one attached hydrogen (secondary N) is 1. The Kier molecular flexibility index (Phi) is 2.46. The number of oxazole rings is 1. The molecular formula is C13H14N2O. The van der Waals surface area contributed by atoms with E-state index in [4.69, 9.17) is 4.42 Å². The van der Waals surface area contributed by atoms with Crippen LogP contribution in [0.5, 0.6) is 0 Å². The van der Waals surface area contributed by atoms with Crippen molar-refractivity contribution in [2.24, 2.45) is 0 Å². The molecule has 3 nitrogen and oxygen atoms in total. The molecule has 16 heavy (non-hydrogen) atoms. The number of hydrogen-bond acceptors (Lipinski definition) is 3. The van der Waals surface area contributed by atoms with Gasteiger partial charge >= 0.3 is 0 Å². The van der Waals surface area contributed by atoms with Crippen molar-refractivity contribution in [3.63, 3.8) is 0 Å². The fourth-order valence-corrected chi connectivity index (χ4v) is 2.08. The van der Waals surface area contributed by atoms with Gasteiger partial charge in [0.05, 0.1) is 12.2 Å². The van der Waals surface area contributed by atoms with Crippen LogP contribution in [0.2, 0.25) is 0 Å². The van der Waals surface area contributed by atoms with Gasteiger partial charge in [0.25, 0.3) is 0 Å². The Bertz CT molecular complexity index is 458. The minimum atomic E-state index is 0.303. The third-order valence-electron chi connectivity index (χ3n) is 2.94. The first kappa shape index (κ1) is 9.60. The standard InChI is InChI=1S/C13H14N2O/c1-2-5-10(6-3-1)12-9-15-13(16-12)11-7-4-8-14-11/h1-3,5-6,9,11,14H,4,7-8H2/t11-/m0/s1. The third-order valence-corrected chi connectivity index (χ3v) is 2.94. The summed E-state index contributed by atoms with van der Waals surface area (Å²) in [5.41, 5.74) is 1.08. The van der Waals surface area contributed by atoms with Crippen molar-refractivity contribution in [1.82, 2.24) is 10.3 Å². The molecule has 1 saturated heterocycles. The maximum atomic E-state index is 5.78. The van der Waals surface area contributed by atoms with Crippen LogP contribution in [0.15, 0.2) is 40.9 Å². The molecule has 1 aliphatic heterocycles. The maximum Gasteiger partial charge on any atom is 0.212 e. The highest BCUT2D eigenvalue weighted by Gasteiger charge is 2.21. The van der Waals surface area contributed by atoms with E-state index in [1.807, 2.05) is 36.5 Å². The third kappa shape index (κ3) is 1.74. The summed E-state index contributed by atoms with van der Waals surface area (Å²) in [4.78, 5) is 4.35. The van der Waals surface area contributed by atoms with E-state index >= 15 is 0 Å². The Balaban J connectivity index is 1.87. The molecule has 82 valence electrons. The topological polar surface area (TPSA) is 38.1 Å². The van der Waals surface area contributed by atoms with Gasteiger partial charge < -0.3 is 9.73 Å². The molecule has 1 N–H and O–H groups in total. The average molecular weight is 214 g/mol. The van der Waals surface area contributed by atoms with E-state index in [-0.39, 0.29) is 0 Å². The van der Waals surface area contributed by atoms with Crippen molar-refractivity contribution in [2.75, 3.05) is 6.54 Å². The Morgan fingerprint density at radius 2 is 2.12 bits per heavy atom.